The lowest BCUT2D eigenvalue weighted by Gasteiger charge is -2.17. The third-order valence-corrected chi connectivity index (χ3v) is 2.80. The molecule has 0 heterocycles. The van der Waals surface area contributed by atoms with Gasteiger partial charge in [0.2, 0.25) is 11.8 Å². The number of nitrogens with zero attached hydrogens (tertiary/aromatic N) is 1. The van der Waals surface area contributed by atoms with Gasteiger partial charge in [0.1, 0.15) is 17.6 Å². The first-order valence-corrected chi connectivity index (χ1v) is 6.79. The first-order valence-electron chi connectivity index (χ1n) is 6.79. The normalized spacial score (nSPS) is 11.6. The molecule has 6 heteroatoms. The summed E-state index contributed by atoms with van der Waals surface area (Å²) in [5.41, 5.74) is 0. The first-order chi connectivity index (χ1) is 9.90. The van der Waals surface area contributed by atoms with Crippen molar-refractivity contribution >= 4 is 11.8 Å². The maximum Gasteiger partial charge on any atom is 0.244 e. The molecule has 1 aromatic carbocycles. The topological polar surface area (TPSA) is 58.6 Å². The average Bonchev–Trinajstić information content (AvgIpc) is 2.42. The van der Waals surface area contributed by atoms with Crippen LogP contribution in [0.5, 0.6) is 5.75 Å². The van der Waals surface area contributed by atoms with Gasteiger partial charge in [-0.05, 0) is 25.5 Å². The zero-order valence-corrected chi connectivity index (χ0v) is 12.6. The molecule has 2 amide bonds. The van der Waals surface area contributed by atoms with Crippen molar-refractivity contribution in [3.05, 3.63) is 30.1 Å². The molecule has 0 saturated carbocycles. The largest absolute Gasteiger partial charge is 0.493 e. The standard InChI is InChI=1S/C15H21FN2O3/c1-11(15(20)18(2)3)17-14(19)8-5-9-21-13-7-4-6-12(16)10-13/h4,6-7,10-11H,5,8-9H2,1-3H3,(H,17,19)/t11-/m1/s1. The minimum atomic E-state index is -0.545. The summed E-state index contributed by atoms with van der Waals surface area (Å²) in [6.07, 6.45) is 0.742. The van der Waals surface area contributed by atoms with Crippen molar-refractivity contribution in [2.24, 2.45) is 0 Å². The van der Waals surface area contributed by atoms with Gasteiger partial charge in [0, 0.05) is 26.6 Å². The van der Waals surface area contributed by atoms with E-state index in [1.165, 1.54) is 17.0 Å². The number of halogens is 1. The van der Waals surface area contributed by atoms with E-state index in [-0.39, 0.29) is 24.1 Å². The Morgan fingerprint density at radius 3 is 2.71 bits per heavy atom. The summed E-state index contributed by atoms with van der Waals surface area (Å²) >= 11 is 0. The molecule has 0 aliphatic heterocycles. The summed E-state index contributed by atoms with van der Waals surface area (Å²) in [7, 11) is 3.27. The highest BCUT2D eigenvalue weighted by molar-refractivity contribution is 5.86. The van der Waals surface area contributed by atoms with E-state index < -0.39 is 6.04 Å². The molecule has 0 aliphatic carbocycles. The molecule has 0 radical (unpaired) electrons. The Morgan fingerprint density at radius 1 is 1.38 bits per heavy atom. The second kappa shape index (κ2) is 8.24. The van der Waals surface area contributed by atoms with Crippen LogP contribution in [0.2, 0.25) is 0 Å². The lowest BCUT2D eigenvalue weighted by atomic mass is 10.2. The van der Waals surface area contributed by atoms with Gasteiger partial charge < -0.3 is 15.0 Å². The molecule has 5 nitrogen and oxygen atoms in total. The van der Waals surface area contributed by atoms with Gasteiger partial charge in [0.05, 0.1) is 6.61 Å². The van der Waals surface area contributed by atoms with Gasteiger partial charge >= 0.3 is 0 Å². The summed E-state index contributed by atoms with van der Waals surface area (Å²) in [6.45, 7) is 1.95. The predicted octanol–water partition coefficient (Wildman–Crippen LogP) is 1.58. The van der Waals surface area contributed by atoms with Gasteiger partial charge in [-0.25, -0.2) is 4.39 Å². The van der Waals surface area contributed by atoms with E-state index in [1.54, 1.807) is 33.2 Å². The van der Waals surface area contributed by atoms with Gasteiger partial charge in [-0.15, -0.1) is 0 Å². The van der Waals surface area contributed by atoms with Crippen LogP contribution in [0.25, 0.3) is 0 Å². The molecule has 21 heavy (non-hydrogen) atoms. The summed E-state index contributed by atoms with van der Waals surface area (Å²) < 4.78 is 18.2. The molecule has 0 spiro atoms. The fourth-order valence-corrected chi connectivity index (χ4v) is 1.74. The van der Waals surface area contributed by atoms with Gasteiger partial charge in [-0.2, -0.15) is 0 Å². The lowest BCUT2D eigenvalue weighted by Crippen LogP contribution is -2.44. The van der Waals surface area contributed by atoms with Crippen LogP contribution in [-0.2, 0) is 9.59 Å². The van der Waals surface area contributed by atoms with E-state index in [0.717, 1.165) is 0 Å². The first kappa shape index (κ1) is 16.9. The molecule has 0 unspecified atom stereocenters. The molecular weight excluding hydrogens is 275 g/mol. The van der Waals surface area contributed by atoms with Crippen LogP contribution >= 0.6 is 0 Å². The van der Waals surface area contributed by atoms with Crippen LogP contribution in [0.4, 0.5) is 4.39 Å². The van der Waals surface area contributed by atoms with E-state index in [2.05, 4.69) is 5.32 Å². The molecule has 1 N–H and O–H groups in total. The number of rotatable bonds is 7. The quantitative estimate of drug-likeness (QED) is 0.777. The Balaban J connectivity index is 2.23. The number of ether oxygens (including phenoxy) is 1. The maximum atomic E-state index is 12.9. The van der Waals surface area contributed by atoms with Crippen LogP contribution in [0.1, 0.15) is 19.8 Å². The zero-order valence-electron chi connectivity index (χ0n) is 12.6. The Bertz CT molecular complexity index is 492. The van der Waals surface area contributed by atoms with Crippen molar-refractivity contribution < 1.29 is 18.7 Å². The third kappa shape index (κ3) is 6.25. The summed E-state index contributed by atoms with van der Waals surface area (Å²) in [5, 5.41) is 2.62. The Labute approximate surface area is 124 Å². The van der Waals surface area contributed by atoms with E-state index in [9.17, 15) is 14.0 Å². The van der Waals surface area contributed by atoms with Crippen molar-refractivity contribution in [3.8, 4) is 5.75 Å². The van der Waals surface area contributed by atoms with E-state index in [4.69, 9.17) is 4.74 Å². The number of nitrogens with one attached hydrogen (secondary N) is 1. The number of likely N-dealkylation sites (N-methyl/N-ethyl adjacent to an activating group) is 1. The van der Waals surface area contributed by atoms with Crippen LogP contribution in [0.15, 0.2) is 24.3 Å². The molecule has 116 valence electrons. The summed E-state index contributed by atoms with van der Waals surface area (Å²) in [4.78, 5) is 24.7. The second-order valence-corrected chi connectivity index (χ2v) is 4.93. The highest BCUT2D eigenvalue weighted by Gasteiger charge is 2.16. The Morgan fingerprint density at radius 2 is 2.10 bits per heavy atom. The highest BCUT2D eigenvalue weighted by Crippen LogP contribution is 2.12. The molecule has 0 aromatic heterocycles. The zero-order chi connectivity index (χ0) is 15.8. The molecule has 1 atom stereocenters. The minimum absolute atomic E-state index is 0.153. The molecule has 1 rings (SSSR count). The Hall–Kier alpha value is -2.11. The molecule has 0 fully saturated rings. The number of amides is 2. The number of hydrogen-bond donors (Lipinski definition) is 1. The number of hydrogen-bond acceptors (Lipinski definition) is 3. The monoisotopic (exact) mass is 296 g/mol. The lowest BCUT2D eigenvalue weighted by molar-refractivity contribution is -0.133. The van der Waals surface area contributed by atoms with Gasteiger partial charge in [-0.3, -0.25) is 9.59 Å². The summed E-state index contributed by atoms with van der Waals surface area (Å²) in [5.74, 6) is -0.285. The van der Waals surface area contributed by atoms with Crippen LogP contribution in [0.3, 0.4) is 0 Å². The fraction of sp³-hybridized carbons (Fsp3) is 0.467. The smallest absolute Gasteiger partial charge is 0.244 e. The van der Waals surface area contributed by atoms with E-state index in [0.29, 0.717) is 18.8 Å². The molecular formula is C15H21FN2O3. The van der Waals surface area contributed by atoms with Crippen molar-refractivity contribution in [2.45, 2.75) is 25.8 Å². The predicted molar refractivity (Wildman–Crippen MR) is 77.4 cm³/mol. The van der Waals surface area contributed by atoms with E-state index in [1.807, 2.05) is 0 Å². The number of benzene rings is 1. The van der Waals surface area contributed by atoms with Crippen LogP contribution in [-0.4, -0.2) is 43.5 Å². The maximum absolute atomic E-state index is 12.9. The van der Waals surface area contributed by atoms with E-state index >= 15 is 0 Å². The summed E-state index contributed by atoms with van der Waals surface area (Å²) in [6, 6.07) is 5.30. The number of carbonyl (C=O) groups is 2. The Kier molecular flexibility index (Phi) is 6.65. The highest BCUT2D eigenvalue weighted by atomic mass is 19.1. The molecule has 0 aliphatic rings. The molecule has 0 bridgehead atoms. The van der Waals surface area contributed by atoms with Crippen molar-refractivity contribution in [3.63, 3.8) is 0 Å². The minimum Gasteiger partial charge on any atom is -0.493 e. The molecule has 1 aromatic rings. The van der Waals surface area contributed by atoms with Crippen LogP contribution in [0, 0.1) is 5.82 Å². The van der Waals surface area contributed by atoms with Crippen molar-refractivity contribution in [1.82, 2.24) is 10.2 Å². The molecule has 0 saturated heterocycles. The van der Waals surface area contributed by atoms with Crippen LogP contribution < -0.4 is 10.1 Å². The van der Waals surface area contributed by atoms with Gasteiger partial charge in [-0.1, -0.05) is 6.07 Å². The SMILES string of the molecule is C[C@@H](NC(=O)CCCOc1cccc(F)c1)C(=O)N(C)C. The average molecular weight is 296 g/mol. The fourth-order valence-electron chi connectivity index (χ4n) is 1.74. The number of carbonyl (C=O) groups excluding carboxylic acids is 2. The van der Waals surface area contributed by atoms with Gasteiger partial charge in [0.25, 0.3) is 0 Å². The van der Waals surface area contributed by atoms with Gasteiger partial charge in [0.15, 0.2) is 0 Å². The van der Waals surface area contributed by atoms with Crippen molar-refractivity contribution in [2.75, 3.05) is 20.7 Å². The van der Waals surface area contributed by atoms with Crippen molar-refractivity contribution in [1.29, 1.82) is 0 Å². The second-order valence-electron chi connectivity index (χ2n) is 4.93. The third-order valence-electron chi connectivity index (χ3n) is 2.80.